The van der Waals surface area contributed by atoms with Crippen molar-refractivity contribution in [2.75, 3.05) is 11.1 Å². The van der Waals surface area contributed by atoms with Crippen molar-refractivity contribution in [3.8, 4) is 0 Å². The predicted molar refractivity (Wildman–Crippen MR) is 62.7 cm³/mol. The van der Waals surface area contributed by atoms with Gasteiger partial charge in [-0.05, 0) is 13.0 Å². The van der Waals surface area contributed by atoms with Gasteiger partial charge in [0.2, 0.25) is 5.95 Å². The van der Waals surface area contributed by atoms with Gasteiger partial charge in [0.15, 0.2) is 5.69 Å². The topological polar surface area (TPSA) is 110 Å². The van der Waals surface area contributed by atoms with E-state index in [9.17, 15) is 4.79 Å². The number of nitrogen functional groups attached to an aromatic ring is 1. The van der Waals surface area contributed by atoms with E-state index in [2.05, 4.69) is 25.5 Å². The summed E-state index contributed by atoms with van der Waals surface area (Å²) in [5.74, 6) is -0.392. The molecule has 0 bridgehead atoms. The molecule has 88 valence electrons. The number of nitrogens with zero attached hydrogens (tertiary/aromatic N) is 3. The fourth-order valence-corrected chi connectivity index (χ4v) is 1.30. The van der Waals surface area contributed by atoms with Crippen molar-refractivity contribution >= 4 is 29.1 Å². The van der Waals surface area contributed by atoms with Crippen molar-refractivity contribution < 1.29 is 4.79 Å². The summed E-state index contributed by atoms with van der Waals surface area (Å²) in [7, 11) is 0. The summed E-state index contributed by atoms with van der Waals surface area (Å²) < 4.78 is 0. The van der Waals surface area contributed by atoms with Gasteiger partial charge in [0, 0.05) is 6.20 Å². The van der Waals surface area contributed by atoms with Gasteiger partial charge in [-0.2, -0.15) is 5.10 Å². The van der Waals surface area contributed by atoms with Crippen molar-refractivity contribution in [3.63, 3.8) is 0 Å². The first-order chi connectivity index (χ1) is 8.08. The lowest BCUT2D eigenvalue weighted by molar-refractivity contribution is 0.102. The number of hydrogen-bond acceptors (Lipinski definition) is 5. The molecule has 0 saturated heterocycles. The van der Waals surface area contributed by atoms with E-state index >= 15 is 0 Å². The third-order valence-electron chi connectivity index (χ3n) is 2.06. The Labute approximate surface area is 101 Å². The number of anilines is 2. The predicted octanol–water partition coefficient (Wildman–Crippen LogP) is 0.996. The number of hydrogen-bond donors (Lipinski definition) is 3. The van der Waals surface area contributed by atoms with E-state index in [1.807, 2.05) is 0 Å². The van der Waals surface area contributed by atoms with Gasteiger partial charge < -0.3 is 5.73 Å². The van der Waals surface area contributed by atoms with E-state index in [1.54, 1.807) is 6.92 Å². The molecular weight excluding hydrogens is 244 g/mol. The molecule has 0 saturated carbocycles. The average molecular weight is 253 g/mol. The first-order valence-electron chi connectivity index (χ1n) is 4.68. The normalized spacial score (nSPS) is 10.2. The summed E-state index contributed by atoms with van der Waals surface area (Å²) in [4.78, 5) is 19.4. The highest BCUT2D eigenvalue weighted by molar-refractivity contribution is 6.29. The molecule has 0 unspecified atom stereocenters. The Kier molecular flexibility index (Phi) is 2.92. The van der Waals surface area contributed by atoms with E-state index < -0.39 is 5.91 Å². The van der Waals surface area contributed by atoms with Crippen molar-refractivity contribution in [1.29, 1.82) is 0 Å². The highest BCUT2D eigenvalue weighted by atomic mass is 35.5. The van der Waals surface area contributed by atoms with Crippen LogP contribution >= 0.6 is 11.6 Å². The Balaban J connectivity index is 2.20. The minimum absolute atomic E-state index is 0.0996. The molecule has 2 aromatic heterocycles. The third kappa shape index (κ3) is 2.34. The Morgan fingerprint density at radius 1 is 1.59 bits per heavy atom. The minimum Gasteiger partial charge on any atom is -0.395 e. The second kappa shape index (κ2) is 4.38. The average Bonchev–Trinajstić information content (AvgIpc) is 2.60. The number of aromatic amines is 1. The molecular formula is C9H9ClN6O. The van der Waals surface area contributed by atoms with E-state index in [4.69, 9.17) is 17.3 Å². The fourth-order valence-electron chi connectivity index (χ4n) is 1.17. The van der Waals surface area contributed by atoms with Crippen LogP contribution in [-0.2, 0) is 0 Å². The summed E-state index contributed by atoms with van der Waals surface area (Å²) >= 11 is 5.66. The summed E-state index contributed by atoms with van der Waals surface area (Å²) in [6.07, 6.45) is 1.43. The molecule has 0 aliphatic heterocycles. The Bertz CT molecular complexity index is 566. The number of rotatable bonds is 2. The van der Waals surface area contributed by atoms with Crippen LogP contribution in [0.5, 0.6) is 0 Å². The lowest BCUT2D eigenvalue weighted by atomic mass is 10.3. The molecule has 4 N–H and O–H groups in total. The number of H-pyrrole nitrogens is 1. The molecule has 2 heterocycles. The Hall–Kier alpha value is -2.15. The maximum Gasteiger partial charge on any atom is 0.280 e. The molecule has 0 radical (unpaired) electrons. The SMILES string of the molecule is Cc1[nH]nc(C(=O)Nc2nccc(Cl)n2)c1N. The van der Waals surface area contributed by atoms with Crippen LogP contribution in [0.1, 0.15) is 16.2 Å². The molecule has 2 aromatic rings. The van der Waals surface area contributed by atoms with Crippen LogP contribution in [0.2, 0.25) is 5.15 Å². The minimum atomic E-state index is -0.492. The molecule has 0 aromatic carbocycles. The van der Waals surface area contributed by atoms with Crippen LogP contribution in [0.15, 0.2) is 12.3 Å². The van der Waals surface area contributed by atoms with Gasteiger partial charge in [-0.15, -0.1) is 0 Å². The summed E-state index contributed by atoms with van der Waals surface area (Å²) in [5, 5.41) is 9.08. The van der Waals surface area contributed by atoms with E-state index in [1.165, 1.54) is 12.3 Å². The molecule has 0 spiro atoms. The highest BCUT2D eigenvalue weighted by Crippen LogP contribution is 2.14. The number of aromatic nitrogens is 4. The van der Waals surface area contributed by atoms with E-state index in [0.717, 1.165) is 0 Å². The number of aryl methyl sites for hydroxylation is 1. The molecule has 0 fully saturated rings. The second-order valence-corrected chi connectivity index (χ2v) is 3.66. The van der Waals surface area contributed by atoms with Crippen LogP contribution in [0, 0.1) is 6.92 Å². The van der Waals surface area contributed by atoms with Gasteiger partial charge in [-0.3, -0.25) is 15.2 Å². The van der Waals surface area contributed by atoms with Gasteiger partial charge in [-0.25, -0.2) is 9.97 Å². The zero-order valence-corrected chi connectivity index (χ0v) is 9.62. The Morgan fingerprint density at radius 3 is 2.94 bits per heavy atom. The number of carbonyl (C=O) groups excluding carboxylic acids is 1. The lowest BCUT2D eigenvalue weighted by Crippen LogP contribution is -2.16. The van der Waals surface area contributed by atoms with E-state index in [0.29, 0.717) is 11.4 Å². The molecule has 0 aliphatic carbocycles. The van der Waals surface area contributed by atoms with Gasteiger partial charge in [0.1, 0.15) is 5.15 Å². The van der Waals surface area contributed by atoms with E-state index in [-0.39, 0.29) is 16.8 Å². The molecule has 2 rings (SSSR count). The van der Waals surface area contributed by atoms with Gasteiger partial charge in [-0.1, -0.05) is 11.6 Å². The quantitative estimate of drug-likeness (QED) is 0.691. The monoisotopic (exact) mass is 252 g/mol. The second-order valence-electron chi connectivity index (χ2n) is 3.27. The van der Waals surface area contributed by atoms with Crippen molar-refractivity contribution in [3.05, 3.63) is 28.8 Å². The van der Waals surface area contributed by atoms with Crippen LogP contribution < -0.4 is 11.1 Å². The molecule has 8 heteroatoms. The standard InChI is InChI=1S/C9H9ClN6O/c1-4-6(11)7(16-15-4)8(17)14-9-12-3-2-5(10)13-9/h2-3H,11H2,1H3,(H,15,16)(H,12,13,14,17). The van der Waals surface area contributed by atoms with Crippen molar-refractivity contribution in [2.45, 2.75) is 6.92 Å². The number of carbonyl (C=O) groups is 1. The molecule has 0 aliphatic rings. The fraction of sp³-hybridized carbons (Fsp3) is 0.111. The van der Waals surface area contributed by atoms with Gasteiger partial charge in [0.25, 0.3) is 5.91 Å². The maximum atomic E-state index is 11.8. The van der Waals surface area contributed by atoms with Crippen LogP contribution in [-0.4, -0.2) is 26.1 Å². The van der Waals surface area contributed by atoms with Gasteiger partial charge >= 0.3 is 0 Å². The largest absolute Gasteiger partial charge is 0.395 e. The first kappa shape index (κ1) is 11.3. The number of halogens is 1. The zero-order valence-electron chi connectivity index (χ0n) is 8.86. The summed E-state index contributed by atoms with van der Waals surface area (Å²) in [5.41, 5.74) is 6.69. The molecule has 0 atom stereocenters. The lowest BCUT2D eigenvalue weighted by Gasteiger charge is -2.01. The smallest absolute Gasteiger partial charge is 0.280 e. The van der Waals surface area contributed by atoms with Crippen LogP contribution in [0.4, 0.5) is 11.6 Å². The number of nitrogens with one attached hydrogen (secondary N) is 2. The highest BCUT2D eigenvalue weighted by Gasteiger charge is 2.16. The summed E-state index contributed by atoms with van der Waals surface area (Å²) in [6, 6.07) is 1.50. The first-order valence-corrected chi connectivity index (χ1v) is 5.06. The van der Waals surface area contributed by atoms with Gasteiger partial charge in [0.05, 0.1) is 11.4 Å². The number of amides is 1. The van der Waals surface area contributed by atoms with Crippen molar-refractivity contribution in [1.82, 2.24) is 20.2 Å². The molecule has 1 amide bonds. The molecule has 7 nitrogen and oxygen atoms in total. The zero-order chi connectivity index (χ0) is 12.4. The van der Waals surface area contributed by atoms with Crippen LogP contribution in [0.3, 0.4) is 0 Å². The Morgan fingerprint density at radius 2 is 2.35 bits per heavy atom. The van der Waals surface area contributed by atoms with Crippen LogP contribution in [0.25, 0.3) is 0 Å². The molecule has 17 heavy (non-hydrogen) atoms. The van der Waals surface area contributed by atoms with Crippen molar-refractivity contribution in [2.24, 2.45) is 0 Å². The number of nitrogens with two attached hydrogens (primary N) is 1. The third-order valence-corrected chi connectivity index (χ3v) is 2.27. The maximum absolute atomic E-state index is 11.8. The summed E-state index contributed by atoms with van der Waals surface area (Å²) in [6.45, 7) is 1.72.